The molecule has 33 heavy (non-hydrogen) atoms. The van der Waals surface area contributed by atoms with Gasteiger partial charge >= 0.3 is 5.97 Å². The first kappa shape index (κ1) is 26.8. The van der Waals surface area contributed by atoms with E-state index in [0.717, 1.165) is 12.0 Å². The van der Waals surface area contributed by atoms with Crippen molar-refractivity contribution in [2.75, 3.05) is 4.72 Å². The van der Waals surface area contributed by atoms with Gasteiger partial charge in [0.1, 0.15) is 22.8 Å². The summed E-state index contributed by atoms with van der Waals surface area (Å²) in [5.41, 5.74) is 0.0316. The standard InChI is InChI=1S/C26H38N2O4S/c1-19-9-14-22(27-17-19)28-33(30)21-12-10-20(11-13-21)31-26(7,8)18-25(5,6)16-15-23(29)32-24(2,3)4/h9-14,17H,15-16,18H2,1-8H3,(H,27,28). The second kappa shape index (κ2) is 10.7. The van der Waals surface area contributed by atoms with Crippen LogP contribution in [-0.4, -0.2) is 26.4 Å². The number of carbonyl (C=O) groups excluding carboxylic acids is 1. The van der Waals surface area contributed by atoms with E-state index in [2.05, 4.69) is 23.6 Å². The lowest BCUT2D eigenvalue weighted by Crippen LogP contribution is -2.35. The van der Waals surface area contributed by atoms with Crippen LogP contribution in [0.4, 0.5) is 5.82 Å². The number of aryl methyl sites for hydroxylation is 1. The van der Waals surface area contributed by atoms with E-state index in [9.17, 15) is 9.00 Å². The van der Waals surface area contributed by atoms with Crippen molar-refractivity contribution >= 4 is 22.8 Å². The Hall–Kier alpha value is -2.41. The van der Waals surface area contributed by atoms with Gasteiger partial charge in [0.2, 0.25) is 0 Å². The molecule has 0 radical (unpaired) electrons. The van der Waals surface area contributed by atoms with Crippen molar-refractivity contribution in [3.8, 4) is 5.75 Å². The van der Waals surface area contributed by atoms with E-state index in [1.165, 1.54) is 0 Å². The first-order chi connectivity index (χ1) is 15.1. The normalized spacial score (nSPS) is 13.3. The maximum Gasteiger partial charge on any atom is 0.306 e. The predicted molar refractivity (Wildman–Crippen MR) is 134 cm³/mol. The average molecular weight is 475 g/mol. The molecule has 0 aliphatic heterocycles. The molecule has 182 valence electrons. The van der Waals surface area contributed by atoms with Crippen LogP contribution in [0.5, 0.6) is 5.75 Å². The monoisotopic (exact) mass is 474 g/mol. The summed E-state index contributed by atoms with van der Waals surface area (Å²) in [7, 11) is -1.41. The molecule has 1 aromatic heterocycles. The predicted octanol–water partition coefficient (Wildman–Crippen LogP) is 6.22. The second-order valence-corrected chi connectivity index (χ2v) is 12.1. The Bertz CT molecular complexity index is 946. The molecule has 0 amide bonds. The molecule has 2 aromatic rings. The zero-order chi connectivity index (χ0) is 24.9. The summed E-state index contributed by atoms with van der Waals surface area (Å²) in [5, 5.41) is 0. The van der Waals surface area contributed by atoms with Gasteiger partial charge in [-0.05, 0) is 95.7 Å². The Kier molecular flexibility index (Phi) is 8.69. The van der Waals surface area contributed by atoms with Crippen molar-refractivity contribution in [3.05, 3.63) is 48.2 Å². The smallest absolute Gasteiger partial charge is 0.306 e. The van der Waals surface area contributed by atoms with Crippen molar-refractivity contribution < 1.29 is 18.5 Å². The number of esters is 1. The number of carbonyl (C=O) groups is 1. The third kappa shape index (κ3) is 9.95. The van der Waals surface area contributed by atoms with E-state index in [1.54, 1.807) is 24.4 Å². The summed E-state index contributed by atoms with van der Waals surface area (Å²) >= 11 is 0. The molecule has 0 fully saturated rings. The minimum absolute atomic E-state index is 0.104. The van der Waals surface area contributed by atoms with Crippen LogP contribution in [0.3, 0.4) is 0 Å². The molecule has 6 nitrogen and oxygen atoms in total. The third-order valence-electron chi connectivity index (χ3n) is 4.87. The Balaban J connectivity index is 1.92. The number of hydrogen-bond donors (Lipinski definition) is 1. The molecule has 1 N–H and O–H groups in total. The van der Waals surface area contributed by atoms with E-state index in [0.29, 0.717) is 29.3 Å². The molecule has 1 aromatic carbocycles. The highest BCUT2D eigenvalue weighted by molar-refractivity contribution is 7.86. The molecule has 2 rings (SSSR count). The fourth-order valence-corrected chi connectivity index (χ4v) is 4.55. The first-order valence-electron chi connectivity index (χ1n) is 11.3. The molecular weight excluding hydrogens is 436 g/mol. The van der Waals surface area contributed by atoms with Gasteiger partial charge < -0.3 is 9.47 Å². The number of nitrogens with one attached hydrogen (secondary N) is 1. The number of hydrogen-bond acceptors (Lipinski definition) is 5. The summed E-state index contributed by atoms with van der Waals surface area (Å²) in [6.45, 7) is 15.9. The highest BCUT2D eigenvalue weighted by Gasteiger charge is 2.31. The van der Waals surface area contributed by atoms with E-state index in [-0.39, 0.29) is 11.4 Å². The lowest BCUT2D eigenvalue weighted by molar-refractivity contribution is -0.155. The molecule has 1 atom stereocenters. The molecule has 0 aliphatic carbocycles. The zero-order valence-corrected chi connectivity index (χ0v) is 22.0. The summed E-state index contributed by atoms with van der Waals surface area (Å²) in [4.78, 5) is 17.0. The van der Waals surface area contributed by atoms with Gasteiger partial charge in [-0.25, -0.2) is 9.19 Å². The molecule has 0 bridgehead atoms. The maximum absolute atomic E-state index is 12.6. The molecule has 0 saturated carbocycles. The Morgan fingerprint density at radius 1 is 1.00 bits per heavy atom. The topological polar surface area (TPSA) is 77.5 Å². The van der Waals surface area contributed by atoms with Gasteiger partial charge in [-0.15, -0.1) is 0 Å². The highest BCUT2D eigenvalue weighted by atomic mass is 32.2. The Morgan fingerprint density at radius 2 is 1.64 bits per heavy atom. The quantitative estimate of drug-likeness (QED) is 0.414. The van der Waals surface area contributed by atoms with Crippen molar-refractivity contribution in [1.29, 1.82) is 0 Å². The summed E-state index contributed by atoms with van der Waals surface area (Å²) in [5.74, 6) is 1.10. The Morgan fingerprint density at radius 3 is 2.18 bits per heavy atom. The van der Waals surface area contributed by atoms with Gasteiger partial charge in [0.25, 0.3) is 0 Å². The second-order valence-electron chi connectivity index (χ2n) is 10.9. The van der Waals surface area contributed by atoms with Gasteiger partial charge in [-0.3, -0.25) is 9.52 Å². The lowest BCUT2D eigenvalue weighted by atomic mass is 9.78. The molecule has 0 aliphatic rings. The van der Waals surface area contributed by atoms with Gasteiger partial charge in [-0.2, -0.15) is 0 Å². The number of aromatic nitrogens is 1. The van der Waals surface area contributed by atoms with E-state index in [1.807, 2.05) is 59.7 Å². The lowest BCUT2D eigenvalue weighted by Gasteiger charge is -2.35. The van der Waals surface area contributed by atoms with Crippen LogP contribution in [0.2, 0.25) is 0 Å². The summed E-state index contributed by atoms with van der Waals surface area (Å²) in [6.07, 6.45) is 3.58. The number of benzene rings is 1. The van der Waals surface area contributed by atoms with Crippen LogP contribution >= 0.6 is 0 Å². The van der Waals surface area contributed by atoms with Gasteiger partial charge in [0.05, 0.1) is 4.90 Å². The van der Waals surface area contributed by atoms with Gasteiger partial charge in [0.15, 0.2) is 11.0 Å². The number of ether oxygens (including phenoxy) is 2. The number of rotatable bonds is 10. The van der Waals surface area contributed by atoms with Crippen molar-refractivity contribution in [3.63, 3.8) is 0 Å². The number of nitrogens with zero attached hydrogens (tertiary/aromatic N) is 1. The molecule has 7 heteroatoms. The van der Waals surface area contributed by atoms with Crippen LogP contribution < -0.4 is 9.46 Å². The van der Waals surface area contributed by atoms with E-state index in [4.69, 9.17) is 9.47 Å². The van der Waals surface area contributed by atoms with Gasteiger partial charge in [-0.1, -0.05) is 19.9 Å². The van der Waals surface area contributed by atoms with Crippen LogP contribution in [0.25, 0.3) is 0 Å². The SMILES string of the molecule is Cc1ccc(NS(=O)c2ccc(OC(C)(C)CC(C)(C)CCC(=O)OC(C)(C)C)cc2)nc1. The van der Waals surface area contributed by atoms with Crippen molar-refractivity contribution in [2.24, 2.45) is 5.41 Å². The molecule has 0 saturated heterocycles. The first-order valence-corrected chi connectivity index (χ1v) is 12.4. The molecule has 1 unspecified atom stereocenters. The molecular formula is C26H38N2O4S. The van der Waals surface area contributed by atoms with Crippen LogP contribution in [0.15, 0.2) is 47.5 Å². The van der Waals surface area contributed by atoms with E-state index >= 15 is 0 Å². The zero-order valence-electron chi connectivity index (χ0n) is 21.2. The fourth-order valence-electron chi connectivity index (χ4n) is 3.74. The van der Waals surface area contributed by atoms with Crippen LogP contribution in [0.1, 0.15) is 73.3 Å². The van der Waals surface area contributed by atoms with Crippen LogP contribution in [-0.2, 0) is 20.5 Å². The van der Waals surface area contributed by atoms with Crippen molar-refractivity contribution in [1.82, 2.24) is 4.98 Å². The fraction of sp³-hybridized carbons (Fsp3) is 0.538. The average Bonchev–Trinajstić information content (AvgIpc) is 2.66. The molecule has 1 heterocycles. The van der Waals surface area contributed by atoms with E-state index < -0.39 is 22.2 Å². The minimum Gasteiger partial charge on any atom is -0.488 e. The van der Waals surface area contributed by atoms with Crippen molar-refractivity contribution in [2.45, 2.75) is 90.7 Å². The Labute approximate surface area is 201 Å². The summed E-state index contributed by atoms with van der Waals surface area (Å²) < 4.78 is 27.2. The molecule has 0 spiro atoms. The maximum atomic E-state index is 12.6. The number of pyridine rings is 1. The minimum atomic E-state index is -1.41. The third-order valence-corrected chi connectivity index (χ3v) is 5.97. The van der Waals surface area contributed by atoms with Gasteiger partial charge in [0, 0.05) is 12.6 Å². The highest BCUT2D eigenvalue weighted by Crippen LogP contribution is 2.35. The largest absolute Gasteiger partial charge is 0.488 e. The van der Waals surface area contributed by atoms with Crippen LogP contribution in [0, 0.1) is 12.3 Å². The number of anilines is 1. The summed E-state index contributed by atoms with van der Waals surface area (Å²) in [6, 6.07) is 10.9.